The molecule has 156 valence electrons. The second-order valence-electron chi connectivity index (χ2n) is 6.46. The molecule has 0 unspecified atom stereocenters. The summed E-state index contributed by atoms with van der Waals surface area (Å²) in [5.74, 6) is 0.0283. The van der Waals surface area contributed by atoms with E-state index in [1.165, 1.54) is 25.3 Å². The van der Waals surface area contributed by atoms with Crippen molar-refractivity contribution in [3.63, 3.8) is 0 Å². The number of methoxy groups -OCH3 is 1. The fraction of sp³-hybridized carbons (Fsp3) is 0.0833. The highest BCUT2D eigenvalue weighted by atomic mass is 79.9. The first kappa shape index (κ1) is 22.1. The van der Waals surface area contributed by atoms with E-state index in [1.54, 1.807) is 48.5 Å². The molecule has 3 aromatic carbocycles. The topological polar surface area (TPSA) is 71.3 Å². The van der Waals surface area contributed by atoms with E-state index in [0.717, 1.165) is 4.47 Å². The second kappa shape index (κ2) is 10.4. The lowest BCUT2D eigenvalue weighted by Crippen LogP contribution is -2.13. The Bertz CT molecular complexity index is 1170. The number of halogens is 2. The van der Waals surface area contributed by atoms with Gasteiger partial charge in [0, 0.05) is 10.2 Å². The van der Waals surface area contributed by atoms with Gasteiger partial charge in [-0.25, -0.2) is 4.39 Å². The molecular formula is C24H18BrFN2O3. The molecule has 1 amide bonds. The van der Waals surface area contributed by atoms with Gasteiger partial charge in [-0.3, -0.25) is 4.79 Å². The monoisotopic (exact) mass is 480 g/mol. The van der Waals surface area contributed by atoms with Crippen LogP contribution in [0.25, 0.3) is 6.08 Å². The van der Waals surface area contributed by atoms with Crippen molar-refractivity contribution in [3.8, 4) is 17.6 Å². The second-order valence-corrected chi connectivity index (χ2v) is 7.38. The van der Waals surface area contributed by atoms with Gasteiger partial charge >= 0.3 is 0 Å². The van der Waals surface area contributed by atoms with E-state index >= 15 is 0 Å². The molecule has 0 heterocycles. The number of carbonyl (C=O) groups excluding carboxylic acids is 1. The third-order valence-electron chi connectivity index (χ3n) is 4.23. The molecule has 1 N–H and O–H groups in total. The zero-order chi connectivity index (χ0) is 22.2. The molecule has 0 aliphatic heterocycles. The molecule has 5 nitrogen and oxygen atoms in total. The van der Waals surface area contributed by atoms with Gasteiger partial charge in [-0.1, -0.05) is 40.2 Å². The van der Waals surface area contributed by atoms with Crippen molar-refractivity contribution in [3.05, 3.63) is 93.7 Å². The molecule has 0 bridgehead atoms. The highest BCUT2D eigenvalue weighted by Crippen LogP contribution is 2.30. The Balaban J connectivity index is 1.75. The van der Waals surface area contributed by atoms with Crippen LogP contribution in [0.15, 0.2) is 76.8 Å². The predicted octanol–water partition coefficient (Wildman–Crippen LogP) is 5.72. The third-order valence-corrected chi connectivity index (χ3v) is 4.72. The molecule has 0 aliphatic rings. The Morgan fingerprint density at radius 2 is 1.94 bits per heavy atom. The summed E-state index contributed by atoms with van der Waals surface area (Å²) in [6.45, 7) is 0.168. The van der Waals surface area contributed by atoms with Crippen LogP contribution >= 0.6 is 15.9 Å². The number of nitrogens with zero attached hydrogens (tertiary/aromatic N) is 1. The first-order chi connectivity index (χ1) is 15.0. The van der Waals surface area contributed by atoms with Crippen LogP contribution in [0.5, 0.6) is 11.5 Å². The van der Waals surface area contributed by atoms with Gasteiger partial charge in [-0.15, -0.1) is 0 Å². The zero-order valence-electron chi connectivity index (χ0n) is 16.6. The molecule has 0 aromatic heterocycles. The first-order valence-electron chi connectivity index (χ1n) is 9.22. The molecule has 0 fully saturated rings. The molecule has 3 rings (SSSR count). The number of carbonyl (C=O) groups is 1. The molecule has 0 spiro atoms. The van der Waals surface area contributed by atoms with Gasteiger partial charge in [0.05, 0.1) is 7.11 Å². The summed E-state index contributed by atoms with van der Waals surface area (Å²) in [6, 6.07) is 20.2. The SMILES string of the molecule is COc1cc(/C=C(/C#N)C(=O)Nc2cccc(Br)c2)ccc1OCc1cccc(F)c1. The lowest BCUT2D eigenvalue weighted by molar-refractivity contribution is -0.112. The van der Waals surface area contributed by atoms with Crippen LogP contribution < -0.4 is 14.8 Å². The average molecular weight is 481 g/mol. The molecule has 0 saturated carbocycles. The Morgan fingerprint density at radius 1 is 1.13 bits per heavy atom. The highest BCUT2D eigenvalue weighted by Gasteiger charge is 2.12. The quantitative estimate of drug-likeness (QED) is 0.346. The number of hydrogen-bond donors (Lipinski definition) is 1. The minimum absolute atomic E-state index is 0.0598. The summed E-state index contributed by atoms with van der Waals surface area (Å²) in [5, 5.41) is 12.1. The van der Waals surface area contributed by atoms with E-state index in [4.69, 9.17) is 9.47 Å². The van der Waals surface area contributed by atoms with Crippen LogP contribution in [0.1, 0.15) is 11.1 Å². The van der Waals surface area contributed by atoms with E-state index in [-0.39, 0.29) is 18.0 Å². The predicted molar refractivity (Wildman–Crippen MR) is 120 cm³/mol. The maximum Gasteiger partial charge on any atom is 0.266 e. The van der Waals surface area contributed by atoms with Crippen molar-refractivity contribution in [2.75, 3.05) is 12.4 Å². The number of amides is 1. The molecule has 3 aromatic rings. The number of rotatable bonds is 7. The van der Waals surface area contributed by atoms with Gasteiger partial charge in [0.15, 0.2) is 11.5 Å². The number of nitrogens with one attached hydrogen (secondary N) is 1. The molecule has 0 atom stereocenters. The third kappa shape index (κ3) is 6.17. The summed E-state index contributed by atoms with van der Waals surface area (Å²) >= 11 is 3.34. The van der Waals surface area contributed by atoms with Crippen LogP contribution in [-0.4, -0.2) is 13.0 Å². The Hall–Kier alpha value is -3.63. The molecule has 0 radical (unpaired) electrons. The van der Waals surface area contributed by atoms with Crippen molar-refractivity contribution in [1.82, 2.24) is 0 Å². The van der Waals surface area contributed by atoms with E-state index in [1.807, 2.05) is 12.1 Å². The number of anilines is 1. The normalized spacial score (nSPS) is 10.8. The summed E-state index contributed by atoms with van der Waals surface area (Å²) in [6.07, 6.45) is 1.46. The van der Waals surface area contributed by atoms with E-state index in [0.29, 0.717) is 28.3 Å². The number of nitriles is 1. The smallest absolute Gasteiger partial charge is 0.266 e. The molecular weight excluding hydrogens is 463 g/mol. The van der Waals surface area contributed by atoms with Crippen LogP contribution in [0, 0.1) is 17.1 Å². The van der Waals surface area contributed by atoms with Crippen LogP contribution in [0.2, 0.25) is 0 Å². The lowest BCUT2D eigenvalue weighted by atomic mass is 10.1. The van der Waals surface area contributed by atoms with Crippen molar-refractivity contribution >= 4 is 33.6 Å². The lowest BCUT2D eigenvalue weighted by Gasteiger charge is -2.12. The minimum atomic E-state index is -0.522. The molecule has 7 heteroatoms. The van der Waals surface area contributed by atoms with Crippen molar-refractivity contribution in [1.29, 1.82) is 5.26 Å². The van der Waals surface area contributed by atoms with Crippen LogP contribution in [0.4, 0.5) is 10.1 Å². The van der Waals surface area contributed by atoms with Gasteiger partial charge in [-0.2, -0.15) is 5.26 Å². The van der Waals surface area contributed by atoms with Gasteiger partial charge in [0.25, 0.3) is 5.91 Å². The highest BCUT2D eigenvalue weighted by molar-refractivity contribution is 9.10. The van der Waals surface area contributed by atoms with Crippen molar-refractivity contribution < 1.29 is 18.7 Å². The Labute approximate surface area is 187 Å². The van der Waals surface area contributed by atoms with Gasteiger partial charge < -0.3 is 14.8 Å². The fourth-order valence-electron chi connectivity index (χ4n) is 2.76. The number of benzene rings is 3. The van der Waals surface area contributed by atoms with Gasteiger partial charge in [0.2, 0.25) is 0 Å². The Morgan fingerprint density at radius 3 is 2.65 bits per heavy atom. The maximum atomic E-state index is 13.3. The minimum Gasteiger partial charge on any atom is -0.493 e. The standard InChI is InChI=1S/C24H18BrFN2O3/c1-30-23-12-16(8-9-22(23)31-15-17-4-2-6-20(26)11-17)10-18(14-27)24(29)28-21-7-3-5-19(25)13-21/h2-13H,15H2,1H3,(H,28,29)/b18-10-. The largest absolute Gasteiger partial charge is 0.493 e. The summed E-state index contributed by atoms with van der Waals surface area (Å²) in [5.41, 5.74) is 1.78. The first-order valence-corrected chi connectivity index (χ1v) is 10.0. The number of hydrogen-bond acceptors (Lipinski definition) is 4. The van der Waals surface area contributed by atoms with Gasteiger partial charge in [-0.05, 0) is 59.7 Å². The molecule has 0 aliphatic carbocycles. The molecule has 0 saturated heterocycles. The summed E-state index contributed by atoms with van der Waals surface area (Å²) < 4.78 is 25.2. The van der Waals surface area contributed by atoms with Gasteiger partial charge in [0.1, 0.15) is 24.1 Å². The van der Waals surface area contributed by atoms with Crippen molar-refractivity contribution in [2.24, 2.45) is 0 Å². The zero-order valence-corrected chi connectivity index (χ0v) is 18.1. The summed E-state index contributed by atoms with van der Waals surface area (Å²) in [7, 11) is 1.49. The van der Waals surface area contributed by atoms with E-state index < -0.39 is 5.91 Å². The Kier molecular flexibility index (Phi) is 7.41. The molecule has 31 heavy (non-hydrogen) atoms. The fourth-order valence-corrected chi connectivity index (χ4v) is 3.16. The number of ether oxygens (including phenoxy) is 2. The van der Waals surface area contributed by atoms with E-state index in [2.05, 4.69) is 21.2 Å². The van der Waals surface area contributed by atoms with Crippen LogP contribution in [-0.2, 0) is 11.4 Å². The average Bonchev–Trinajstić information content (AvgIpc) is 2.76. The van der Waals surface area contributed by atoms with E-state index in [9.17, 15) is 14.4 Å². The van der Waals surface area contributed by atoms with Crippen LogP contribution in [0.3, 0.4) is 0 Å². The maximum absolute atomic E-state index is 13.3. The summed E-state index contributed by atoms with van der Waals surface area (Å²) in [4.78, 5) is 12.5. The van der Waals surface area contributed by atoms with Crippen molar-refractivity contribution in [2.45, 2.75) is 6.61 Å².